The van der Waals surface area contributed by atoms with E-state index < -0.39 is 12.0 Å². The number of anilines is 2. The second-order valence-corrected chi connectivity index (χ2v) is 9.86. The highest BCUT2D eigenvalue weighted by molar-refractivity contribution is 6.31. The summed E-state index contributed by atoms with van der Waals surface area (Å²) < 4.78 is 5.60. The molecule has 0 spiro atoms. The predicted octanol–water partition coefficient (Wildman–Crippen LogP) is 2.55. The van der Waals surface area contributed by atoms with Crippen LogP contribution in [0.4, 0.5) is 11.6 Å². The maximum atomic E-state index is 12.5. The molecule has 190 valence electrons. The number of hydrogen-bond acceptors (Lipinski definition) is 7. The number of ether oxygens (including phenoxy) is 1. The second-order valence-electron chi connectivity index (χ2n) is 9.51. The minimum Gasteiger partial charge on any atom is -0.491 e. The van der Waals surface area contributed by atoms with E-state index in [9.17, 15) is 9.90 Å². The average molecular weight is 504 g/mol. The van der Waals surface area contributed by atoms with E-state index in [0.29, 0.717) is 25.5 Å². The van der Waals surface area contributed by atoms with Gasteiger partial charge in [-0.3, -0.25) is 4.79 Å². The Balaban J connectivity index is 1.50. The van der Waals surface area contributed by atoms with Gasteiger partial charge >= 0.3 is 5.91 Å². The molecule has 7 N–H and O–H groups in total. The zero-order valence-corrected chi connectivity index (χ0v) is 21.1. The Kier molecular flexibility index (Phi) is 8.74. The molecule has 2 heterocycles. The molecule has 2 atom stereocenters. The molecular formula is C24H34ClN7O3. The van der Waals surface area contributed by atoms with Crippen molar-refractivity contribution in [1.29, 1.82) is 0 Å². The molecule has 0 bridgehead atoms. The first-order valence-electron chi connectivity index (χ1n) is 11.7. The summed E-state index contributed by atoms with van der Waals surface area (Å²) in [5.74, 6) is 0.327. The standard InChI is InChI=1S/C24H34ClN7O3/c1-4-16(33)13-35-17-7-5-14(6-8-17)9-10-24(2,3)11-15-12-28-23(29-15)32-22(34)18-20(26)31-21(27)19(25)30-18/h5-8,15-16,33H,4,9-13H2,1-3H3,(H4,26,27,31)(H2,28,29,32,34)/t15-,16-/m0/s1. The van der Waals surface area contributed by atoms with Crippen LogP contribution in [0.5, 0.6) is 5.75 Å². The molecular weight excluding hydrogens is 470 g/mol. The number of aromatic nitrogens is 2. The van der Waals surface area contributed by atoms with Crippen LogP contribution in [0, 0.1) is 5.41 Å². The van der Waals surface area contributed by atoms with E-state index in [1.807, 2.05) is 19.1 Å². The molecule has 3 rings (SSSR count). The van der Waals surface area contributed by atoms with Gasteiger partial charge in [-0.2, -0.15) is 4.99 Å². The Bertz CT molecular complexity index is 1060. The molecule has 10 nitrogen and oxygen atoms in total. The summed E-state index contributed by atoms with van der Waals surface area (Å²) in [7, 11) is 0. The first-order chi connectivity index (χ1) is 16.6. The van der Waals surface area contributed by atoms with Crippen LogP contribution in [-0.4, -0.2) is 52.2 Å². The van der Waals surface area contributed by atoms with Crippen LogP contribution in [0.2, 0.25) is 5.15 Å². The summed E-state index contributed by atoms with van der Waals surface area (Å²) in [6.07, 6.45) is 3.03. The summed E-state index contributed by atoms with van der Waals surface area (Å²) >= 11 is 5.85. The first-order valence-corrected chi connectivity index (χ1v) is 12.1. The third kappa shape index (κ3) is 7.69. The fourth-order valence-corrected chi connectivity index (χ4v) is 3.90. The molecule has 0 radical (unpaired) electrons. The Morgan fingerprint density at radius 1 is 1.29 bits per heavy atom. The van der Waals surface area contributed by atoms with Crippen molar-refractivity contribution in [3.63, 3.8) is 0 Å². The molecule has 0 unspecified atom stereocenters. The molecule has 1 aliphatic heterocycles. The lowest BCUT2D eigenvalue weighted by atomic mass is 9.80. The number of nitrogen functional groups attached to an aromatic ring is 2. The van der Waals surface area contributed by atoms with E-state index in [4.69, 9.17) is 27.8 Å². The number of nitrogens with zero attached hydrogens (tertiary/aromatic N) is 3. The van der Waals surface area contributed by atoms with Gasteiger partial charge in [-0.1, -0.05) is 44.5 Å². The highest BCUT2D eigenvalue weighted by Crippen LogP contribution is 2.29. The Morgan fingerprint density at radius 3 is 2.69 bits per heavy atom. The van der Waals surface area contributed by atoms with Crippen molar-refractivity contribution in [3.05, 3.63) is 40.7 Å². The first kappa shape index (κ1) is 26.5. The molecule has 35 heavy (non-hydrogen) atoms. The van der Waals surface area contributed by atoms with Crippen LogP contribution in [-0.2, 0) is 6.42 Å². The number of halogens is 1. The number of amides is 1. The number of aliphatic hydroxyl groups is 1. The van der Waals surface area contributed by atoms with Gasteiger partial charge < -0.3 is 31.9 Å². The van der Waals surface area contributed by atoms with E-state index in [0.717, 1.165) is 25.0 Å². The number of nitrogens with one attached hydrogen (secondary N) is 2. The van der Waals surface area contributed by atoms with Crippen LogP contribution in [0.15, 0.2) is 29.3 Å². The summed E-state index contributed by atoms with van der Waals surface area (Å²) in [6, 6.07) is 8.13. The normalized spacial score (nSPS) is 17.6. The van der Waals surface area contributed by atoms with Crippen molar-refractivity contribution in [2.75, 3.05) is 24.6 Å². The molecule has 1 aromatic heterocycles. The van der Waals surface area contributed by atoms with Crippen LogP contribution < -0.4 is 26.8 Å². The number of carbonyl (C=O) groups excluding carboxylic acids is 1. The third-order valence-corrected chi connectivity index (χ3v) is 6.18. The molecule has 1 amide bonds. The SMILES string of the molecule is CC[C@H](O)COc1ccc(CCC(C)(C)C[C@H]2CN/C(=N/C(=O)c3nc(Cl)c(N)nc3N)N2)cc1. The quantitative estimate of drug-likeness (QED) is 0.328. The lowest BCUT2D eigenvalue weighted by Crippen LogP contribution is -2.33. The van der Waals surface area contributed by atoms with Crippen LogP contribution in [0.25, 0.3) is 0 Å². The van der Waals surface area contributed by atoms with Crippen molar-refractivity contribution in [2.45, 2.75) is 58.6 Å². The Hall–Kier alpha value is -3.11. The molecule has 2 aromatic rings. The fourth-order valence-electron chi connectivity index (χ4n) is 3.78. The number of carbonyl (C=O) groups is 1. The van der Waals surface area contributed by atoms with Crippen molar-refractivity contribution >= 4 is 35.1 Å². The summed E-state index contributed by atoms with van der Waals surface area (Å²) in [6.45, 7) is 7.33. The monoisotopic (exact) mass is 503 g/mol. The zero-order chi connectivity index (χ0) is 25.6. The smallest absolute Gasteiger partial charge is 0.302 e. The number of aryl methyl sites for hydroxylation is 1. The number of guanidine groups is 1. The van der Waals surface area contributed by atoms with Gasteiger partial charge in [-0.15, -0.1) is 0 Å². The number of hydrogen-bond donors (Lipinski definition) is 5. The molecule has 0 aliphatic carbocycles. The van der Waals surface area contributed by atoms with Gasteiger partial charge in [-0.05, 0) is 48.8 Å². The number of benzene rings is 1. The molecule has 1 saturated heterocycles. The zero-order valence-electron chi connectivity index (χ0n) is 20.3. The van der Waals surface area contributed by atoms with Crippen molar-refractivity contribution < 1.29 is 14.6 Å². The number of nitrogens with two attached hydrogens (primary N) is 2. The Morgan fingerprint density at radius 2 is 2.00 bits per heavy atom. The highest BCUT2D eigenvalue weighted by Gasteiger charge is 2.28. The third-order valence-electron chi connectivity index (χ3n) is 5.90. The molecule has 11 heteroatoms. The minimum absolute atomic E-state index is 0.0381. The predicted molar refractivity (Wildman–Crippen MR) is 138 cm³/mol. The van der Waals surface area contributed by atoms with Gasteiger partial charge in [-0.25, -0.2) is 9.97 Å². The van der Waals surface area contributed by atoms with Crippen LogP contribution in [0.3, 0.4) is 0 Å². The largest absolute Gasteiger partial charge is 0.491 e. The van der Waals surface area contributed by atoms with Gasteiger partial charge in [0.25, 0.3) is 0 Å². The van der Waals surface area contributed by atoms with Gasteiger partial charge in [0.2, 0.25) is 0 Å². The highest BCUT2D eigenvalue weighted by atomic mass is 35.5. The van der Waals surface area contributed by atoms with E-state index in [-0.39, 0.29) is 33.9 Å². The van der Waals surface area contributed by atoms with E-state index in [1.54, 1.807) is 0 Å². The summed E-state index contributed by atoms with van der Waals surface area (Å²) in [5.41, 5.74) is 12.4. The number of aliphatic hydroxyl groups excluding tert-OH is 1. The molecule has 1 fully saturated rings. The lowest BCUT2D eigenvalue weighted by Gasteiger charge is -2.27. The van der Waals surface area contributed by atoms with Gasteiger partial charge in [0.1, 0.15) is 12.4 Å². The molecule has 1 aromatic carbocycles. The Labute approximate surface area is 210 Å². The second kappa shape index (κ2) is 11.5. The van der Waals surface area contributed by atoms with Crippen molar-refractivity contribution in [3.8, 4) is 5.75 Å². The number of aliphatic imine (C=N–C) groups is 1. The maximum absolute atomic E-state index is 12.5. The topological polar surface area (TPSA) is 161 Å². The van der Waals surface area contributed by atoms with Gasteiger partial charge in [0.15, 0.2) is 28.4 Å². The summed E-state index contributed by atoms with van der Waals surface area (Å²) in [5, 5.41) is 15.9. The molecule has 0 saturated carbocycles. The van der Waals surface area contributed by atoms with Crippen LogP contribution >= 0.6 is 11.6 Å². The fraction of sp³-hybridized carbons (Fsp3) is 0.500. The van der Waals surface area contributed by atoms with Crippen molar-refractivity contribution in [2.24, 2.45) is 10.4 Å². The lowest BCUT2D eigenvalue weighted by molar-refractivity contribution is 0.0998. The average Bonchev–Trinajstić information content (AvgIpc) is 3.24. The van der Waals surface area contributed by atoms with E-state index in [2.05, 4.69) is 51.6 Å². The molecule has 1 aliphatic rings. The van der Waals surface area contributed by atoms with Crippen LogP contribution in [0.1, 0.15) is 56.1 Å². The van der Waals surface area contributed by atoms with E-state index in [1.165, 1.54) is 5.56 Å². The van der Waals surface area contributed by atoms with Gasteiger partial charge in [0.05, 0.1) is 6.10 Å². The van der Waals surface area contributed by atoms with Gasteiger partial charge in [0, 0.05) is 12.6 Å². The maximum Gasteiger partial charge on any atom is 0.302 e. The minimum atomic E-state index is -0.650. The summed E-state index contributed by atoms with van der Waals surface area (Å²) in [4.78, 5) is 24.2. The number of rotatable bonds is 10. The van der Waals surface area contributed by atoms with Crippen molar-refractivity contribution in [1.82, 2.24) is 20.6 Å². The van der Waals surface area contributed by atoms with E-state index >= 15 is 0 Å².